The van der Waals surface area contributed by atoms with Gasteiger partial charge in [0.05, 0.1) is 7.11 Å². The Balaban J connectivity index is 2.84. The van der Waals surface area contributed by atoms with Gasteiger partial charge in [-0.25, -0.2) is 4.79 Å². The molecular formula is C11H13NO3. The number of alkyl carbamates (subject to hydrolysis) is 1. The minimum Gasteiger partial charge on any atom is -0.453 e. The second-order valence-electron chi connectivity index (χ2n) is 3.09. The van der Waals surface area contributed by atoms with E-state index in [1.54, 1.807) is 12.1 Å². The fourth-order valence-corrected chi connectivity index (χ4v) is 1.24. The number of rotatable bonds is 3. The van der Waals surface area contributed by atoms with E-state index in [2.05, 4.69) is 10.1 Å². The zero-order chi connectivity index (χ0) is 11.3. The molecule has 4 nitrogen and oxygen atoms in total. The Morgan fingerprint density at radius 3 is 2.33 bits per heavy atom. The lowest BCUT2D eigenvalue weighted by Gasteiger charge is -2.14. The van der Waals surface area contributed by atoms with Crippen LogP contribution in [-0.2, 0) is 9.53 Å². The molecule has 0 saturated heterocycles. The van der Waals surface area contributed by atoms with Crippen molar-refractivity contribution in [2.24, 2.45) is 0 Å². The molecule has 0 radical (unpaired) electrons. The lowest BCUT2D eigenvalue weighted by Crippen LogP contribution is -2.32. The number of hydrogen-bond donors (Lipinski definition) is 1. The van der Waals surface area contributed by atoms with Gasteiger partial charge in [0.2, 0.25) is 0 Å². The molecule has 0 aliphatic heterocycles. The average molecular weight is 207 g/mol. The standard InChI is InChI=1S/C11H13NO3/c1-8(13)10(12-11(14)15-2)9-6-4-3-5-7-9/h3-7,10H,1-2H3,(H,12,14)/t10-/m0/s1. The van der Waals surface area contributed by atoms with Gasteiger partial charge >= 0.3 is 6.09 Å². The summed E-state index contributed by atoms with van der Waals surface area (Å²) in [5.74, 6) is -0.133. The molecule has 1 rings (SSSR count). The van der Waals surface area contributed by atoms with Crippen molar-refractivity contribution in [1.82, 2.24) is 5.32 Å². The Morgan fingerprint density at radius 1 is 1.27 bits per heavy atom. The van der Waals surface area contributed by atoms with Crippen molar-refractivity contribution in [3.63, 3.8) is 0 Å². The van der Waals surface area contributed by atoms with Gasteiger partial charge in [-0.3, -0.25) is 4.79 Å². The molecule has 1 aromatic carbocycles. The summed E-state index contributed by atoms with van der Waals surface area (Å²) in [5, 5.41) is 2.47. The molecule has 1 amide bonds. The minimum atomic E-state index is -0.640. The normalized spacial score (nSPS) is 11.6. The van der Waals surface area contributed by atoms with E-state index < -0.39 is 12.1 Å². The number of nitrogens with one attached hydrogen (secondary N) is 1. The molecule has 0 fully saturated rings. The van der Waals surface area contributed by atoms with E-state index >= 15 is 0 Å². The average Bonchev–Trinajstić information content (AvgIpc) is 2.26. The molecule has 0 saturated carbocycles. The Bertz CT molecular complexity index is 348. The highest BCUT2D eigenvalue weighted by Gasteiger charge is 2.18. The van der Waals surface area contributed by atoms with Crippen molar-refractivity contribution in [3.8, 4) is 0 Å². The van der Waals surface area contributed by atoms with E-state index in [4.69, 9.17) is 0 Å². The second kappa shape index (κ2) is 5.14. The number of hydrogen-bond acceptors (Lipinski definition) is 3. The topological polar surface area (TPSA) is 55.4 Å². The number of benzene rings is 1. The zero-order valence-electron chi connectivity index (χ0n) is 8.69. The van der Waals surface area contributed by atoms with Crippen molar-refractivity contribution in [2.75, 3.05) is 7.11 Å². The molecule has 0 aromatic heterocycles. The zero-order valence-corrected chi connectivity index (χ0v) is 8.69. The predicted molar refractivity (Wildman–Crippen MR) is 55.4 cm³/mol. The van der Waals surface area contributed by atoms with Crippen molar-refractivity contribution < 1.29 is 14.3 Å². The van der Waals surface area contributed by atoms with E-state index in [1.165, 1.54) is 14.0 Å². The molecule has 1 N–H and O–H groups in total. The largest absolute Gasteiger partial charge is 0.453 e. The number of ether oxygens (including phenoxy) is 1. The molecule has 15 heavy (non-hydrogen) atoms. The first-order chi connectivity index (χ1) is 7.15. The molecule has 0 heterocycles. The summed E-state index contributed by atoms with van der Waals surface area (Å²) in [6.07, 6.45) is -0.612. The van der Waals surface area contributed by atoms with E-state index in [0.29, 0.717) is 0 Å². The summed E-state index contributed by atoms with van der Waals surface area (Å²) in [7, 11) is 1.26. The van der Waals surface area contributed by atoms with Crippen molar-refractivity contribution in [2.45, 2.75) is 13.0 Å². The van der Waals surface area contributed by atoms with Crippen LogP contribution < -0.4 is 5.32 Å². The molecule has 0 aliphatic rings. The van der Waals surface area contributed by atoms with Gasteiger partial charge in [0.15, 0.2) is 5.78 Å². The predicted octanol–water partition coefficient (Wildman–Crippen LogP) is 1.67. The Kier molecular flexibility index (Phi) is 3.85. The third-order valence-electron chi connectivity index (χ3n) is 1.99. The number of ketones is 1. The van der Waals surface area contributed by atoms with Crippen LogP contribution in [0.25, 0.3) is 0 Å². The van der Waals surface area contributed by atoms with Crippen molar-refractivity contribution in [3.05, 3.63) is 35.9 Å². The number of amides is 1. The maximum absolute atomic E-state index is 11.3. The van der Waals surface area contributed by atoms with Crippen LogP contribution in [0.2, 0.25) is 0 Å². The minimum absolute atomic E-state index is 0.133. The van der Waals surface area contributed by atoms with Crippen molar-refractivity contribution >= 4 is 11.9 Å². The van der Waals surface area contributed by atoms with Crippen LogP contribution >= 0.6 is 0 Å². The SMILES string of the molecule is COC(=O)N[C@@H](C(C)=O)c1ccccc1. The lowest BCUT2D eigenvalue weighted by molar-refractivity contribution is -0.119. The van der Waals surface area contributed by atoms with Crippen molar-refractivity contribution in [1.29, 1.82) is 0 Å². The Morgan fingerprint density at radius 2 is 1.87 bits per heavy atom. The maximum atomic E-state index is 11.3. The Hall–Kier alpha value is -1.84. The molecule has 4 heteroatoms. The molecule has 1 aromatic rings. The maximum Gasteiger partial charge on any atom is 0.407 e. The monoisotopic (exact) mass is 207 g/mol. The van der Waals surface area contributed by atoms with Gasteiger partial charge in [-0.1, -0.05) is 30.3 Å². The van der Waals surface area contributed by atoms with Gasteiger partial charge in [-0.2, -0.15) is 0 Å². The first-order valence-corrected chi connectivity index (χ1v) is 4.55. The Labute approximate surface area is 88.2 Å². The van der Waals surface area contributed by atoms with Gasteiger partial charge in [0, 0.05) is 0 Å². The molecule has 1 atom stereocenters. The third-order valence-corrected chi connectivity index (χ3v) is 1.99. The molecule has 80 valence electrons. The fraction of sp³-hybridized carbons (Fsp3) is 0.273. The number of carbonyl (C=O) groups is 2. The van der Waals surface area contributed by atoms with Crippen LogP contribution in [-0.4, -0.2) is 19.0 Å². The number of Topliss-reactive ketones (excluding diaryl/α,β-unsaturated/α-hetero) is 1. The molecule has 0 bridgehead atoms. The fourth-order valence-electron chi connectivity index (χ4n) is 1.24. The summed E-state index contributed by atoms with van der Waals surface area (Å²) < 4.78 is 4.45. The summed E-state index contributed by atoms with van der Waals surface area (Å²) in [4.78, 5) is 22.3. The van der Waals surface area contributed by atoms with Crippen LogP contribution in [0.5, 0.6) is 0 Å². The summed E-state index contributed by atoms with van der Waals surface area (Å²) >= 11 is 0. The third kappa shape index (κ3) is 3.09. The van der Waals surface area contributed by atoms with Gasteiger partial charge < -0.3 is 10.1 Å². The highest BCUT2D eigenvalue weighted by Crippen LogP contribution is 2.13. The van der Waals surface area contributed by atoms with Crippen LogP contribution in [0.15, 0.2) is 30.3 Å². The highest BCUT2D eigenvalue weighted by atomic mass is 16.5. The first kappa shape index (κ1) is 11.2. The summed E-state index contributed by atoms with van der Waals surface area (Å²) in [6, 6.07) is 8.38. The number of methoxy groups -OCH3 is 1. The second-order valence-corrected chi connectivity index (χ2v) is 3.09. The molecule has 0 spiro atoms. The molecular weight excluding hydrogens is 194 g/mol. The van der Waals surface area contributed by atoms with E-state index in [0.717, 1.165) is 5.56 Å². The first-order valence-electron chi connectivity index (χ1n) is 4.55. The summed E-state index contributed by atoms with van der Waals surface area (Å²) in [6.45, 7) is 1.42. The van der Waals surface area contributed by atoms with Gasteiger partial charge in [-0.15, -0.1) is 0 Å². The van der Waals surface area contributed by atoms with Crippen LogP contribution in [0.4, 0.5) is 4.79 Å². The van der Waals surface area contributed by atoms with E-state index in [-0.39, 0.29) is 5.78 Å². The van der Waals surface area contributed by atoms with Gasteiger partial charge in [-0.05, 0) is 12.5 Å². The quantitative estimate of drug-likeness (QED) is 0.820. The van der Waals surface area contributed by atoms with E-state index in [1.807, 2.05) is 18.2 Å². The van der Waals surface area contributed by atoms with Gasteiger partial charge in [0.1, 0.15) is 6.04 Å². The highest BCUT2D eigenvalue weighted by molar-refractivity contribution is 5.86. The van der Waals surface area contributed by atoms with Gasteiger partial charge in [0.25, 0.3) is 0 Å². The number of carbonyl (C=O) groups excluding carboxylic acids is 2. The molecule has 0 aliphatic carbocycles. The molecule has 0 unspecified atom stereocenters. The van der Waals surface area contributed by atoms with E-state index in [9.17, 15) is 9.59 Å². The van der Waals surface area contributed by atoms with Crippen LogP contribution in [0.3, 0.4) is 0 Å². The van der Waals surface area contributed by atoms with Crippen LogP contribution in [0, 0.1) is 0 Å². The smallest absolute Gasteiger partial charge is 0.407 e. The lowest BCUT2D eigenvalue weighted by atomic mass is 10.0. The van der Waals surface area contributed by atoms with Crippen LogP contribution in [0.1, 0.15) is 18.5 Å². The summed E-state index contributed by atoms with van der Waals surface area (Å²) in [5.41, 5.74) is 0.746.